The molecule has 0 radical (unpaired) electrons. The zero-order valence-corrected chi connectivity index (χ0v) is 19.3. The van der Waals surface area contributed by atoms with E-state index in [-0.39, 0.29) is 12.8 Å². The molecular formula is C28H30O5. The Bertz CT molecular complexity index is 1010. The molecule has 0 bridgehead atoms. The normalized spacial score (nSPS) is 10.9. The lowest BCUT2D eigenvalue weighted by molar-refractivity contribution is -0.147. The van der Waals surface area contributed by atoms with Gasteiger partial charge < -0.3 is 14.2 Å². The average Bonchev–Trinajstić information content (AvgIpc) is 2.85. The minimum absolute atomic E-state index is 0.00907. The Morgan fingerprint density at radius 1 is 0.939 bits per heavy atom. The van der Waals surface area contributed by atoms with Gasteiger partial charge in [0.05, 0.1) is 5.56 Å². The molecule has 0 saturated heterocycles. The van der Waals surface area contributed by atoms with Crippen LogP contribution in [0, 0.1) is 6.92 Å². The van der Waals surface area contributed by atoms with E-state index in [1.807, 2.05) is 49.4 Å². The highest BCUT2D eigenvalue weighted by molar-refractivity contribution is 5.91. The molecule has 33 heavy (non-hydrogen) atoms. The van der Waals surface area contributed by atoms with Gasteiger partial charge in [-0.15, -0.1) is 0 Å². The Hall–Kier alpha value is -3.70. The third-order valence-electron chi connectivity index (χ3n) is 4.82. The Morgan fingerprint density at radius 2 is 1.58 bits per heavy atom. The van der Waals surface area contributed by atoms with Crippen LogP contribution in [-0.2, 0) is 20.7 Å². The standard InChI is InChI=1S/C23H22O2.C5H8O3/c1-17-8-12-21(13-9-17)23(24)25-22-14-10-19(11-15-22)16-18(2)20-6-4-3-5-7-20;1-3-5(6)8-4-7-2/h3-15,18H,16H2,1-2H3;3H,1,4H2,2H3. The highest BCUT2D eigenvalue weighted by atomic mass is 16.7. The smallest absolute Gasteiger partial charge is 0.343 e. The lowest BCUT2D eigenvalue weighted by Gasteiger charge is -2.12. The second kappa shape index (κ2) is 13.7. The van der Waals surface area contributed by atoms with Crippen molar-refractivity contribution >= 4 is 11.9 Å². The summed E-state index contributed by atoms with van der Waals surface area (Å²) in [7, 11) is 1.44. The van der Waals surface area contributed by atoms with Crippen LogP contribution in [0.5, 0.6) is 5.75 Å². The molecule has 0 aliphatic carbocycles. The molecule has 1 atom stereocenters. The average molecular weight is 447 g/mol. The van der Waals surface area contributed by atoms with Crippen molar-refractivity contribution in [1.29, 1.82) is 0 Å². The summed E-state index contributed by atoms with van der Waals surface area (Å²) in [6.07, 6.45) is 2.04. The fourth-order valence-electron chi connectivity index (χ4n) is 2.98. The maximum Gasteiger partial charge on any atom is 0.343 e. The van der Waals surface area contributed by atoms with Crippen LogP contribution in [0.4, 0.5) is 0 Å². The van der Waals surface area contributed by atoms with E-state index in [4.69, 9.17) is 4.74 Å². The van der Waals surface area contributed by atoms with Gasteiger partial charge >= 0.3 is 11.9 Å². The molecule has 3 aromatic rings. The van der Waals surface area contributed by atoms with E-state index in [1.165, 1.54) is 18.2 Å². The van der Waals surface area contributed by atoms with Gasteiger partial charge in [-0.1, -0.05) is 73.7 Å². The largest absolute Gasteiger partial charge is 0.435 e. The van der Waals surface area contributed by atoms with E-state index in [0.29, 0.717) is 17.2 Å². The van der Waals surface area contributed by atoms with Crippen LogP contribution in [0.15, 0.2) is 91.5 Å². The second-order valence-electron chi connectivity index (χ2n) is 7.49. The molecule has 3 rings (SSSR count). The summed E-state index contributed by atoms with van der Waals surface area (Å²) in [5.41, 5.74) is 4.24. The van der Waals surface area contributed by atoms with Gasteiger partial charge in [0.1, 0.15) is 5.75 Å². The van der Waals surface area contributed by atoms with E-state index in [2.05, 4.69) is 47.2 Å². The topological polar surface area (TPSA) is 61.8 Å². The van der Waals surface area contributed by atoms with Crippen molar-refractivity contribution < 1.29 is 23.8 Å². The van der Waals surface area contributed by atoms with Gasteiger partial charge in [-0.25, -0.2) is 9.59 Å². The summed E-state index contributed by atoms with van der Waals surface area (Å²) in [6, 6.07) is 25.6. The number of methoxy groups -OCH3 is 1. The number of benzene rings is 3. The molecule has 0 fully saturated rings. The molecule has 172 valence electrons. The summed E-state index contributed by atoms with van der Waals surface area (Å²) in [6.45, 7) is 7.39. The number of ether oxygens (including phenoxy) is 3. The number of hydrogen-bond acceptors (Lipinski definition) is 5. The molecule has 0 heterocycles. The number of aryl methyl sites for hydroxylation is 1. The first kappa shape index (κ1) is 25.6. The molecule has 0 aromatic heterocycles. The number of hydrogen-bond donors (Lipinski definition) is 0. The van der Waals surface area contributed by atoms with Crippen LogP contribution in [0.1, 0.15) is 39.9 Å². The highest BCUT2D eigenvalue weighted by Gasteiger charge is 2.09. The maximum atomic E-state index is 12.2. The molecule has 5 heteroatoms. The predicted molar refractivity (Wildman–Crippen MR) is 129 cm³/mol. The van der Waals surface area contributed by atoms with Crippen LogP contribution in [0.2, 0.25) is 0 Å². The van der Waals surface area contributed by atoms with E-state index >= 15 is 0 Å². The Morgan fingerprint density at radius 3 is 2.15 bits per heavy atom. The summed E-state index contributed by atoms with van der Waals surface area (Å²) in [5, 5.41) is 0. The number of esters is 2. The molecule has 0 aliphatic rings. The van der Waals surface area contributed by atoms with Crippen molar-refractivity contribution in [3.63, 3.8) is 0 Å². The molecule has 3 aromatic carbocycles. The lowest BCUT2D eigenvalue weighted by atomic mass is 9.94. The van der Waals surface area contributed by atoms with Crippen molar-refractivity contribution in [2.45, 2.75) is 26.2 Å². The molecule has 0 spiro atoms. The van der Waals surface area contributed by atoms with E-state index in [9.17, 15) is 9.59 Å². The van der Waals surface area contributed by atoms with Gasteiger partial charge in [0.15, 0.2) is 6.79 Å². The van der Waals surface area contributed by atoms with E-state index < -0.39 is 5.97 Å². The fraction of sp³-hybridized carbons (Fsp3) is 0.214. The fourth-order valence-corrected chi connectivity index (χ4v) is 2.98. The van der Waals surface area contributed by atoms with Crippen molar-refractivity contribution in [2.24, 2.45) is 0 Å². The molecule has 0 N–H and O–H groups in total. The summed E-state index contributed by atoms with van der Waals surface area (Å²) >= 11 is 0. The first-order chi connectivity index (χ1) is 15.9. The van der Waals surface area contributed by atoms with Crippen molar-refractivity contribution in [3.05, 3.63) is 114 Å². The third kappa shape index (κ3) is 9.13. The minimum atomic E-state index is -0.466. The number of rotatable bonds is 8. The van der Waals surface area contributed by atoms with Gasteiger partial charge in [0.25, 0.3) is 0 Å². The van der Waals surface area contributed by atoms with Crippen molar-refractivity contribution in [3.8, 4) is 5.75 Å². The first-order valence-corrected chi connectivity index (χ1v) is 10.6. The Kier molecular flexibility index (Phi) is 10.6. The molecule has 1 unspecified atom stereocenters. The van der Waals surface area contributed by atoms with Crippen molar-refractivity contribution in [2.75, 3.05) is 13.9 Å². The van der Waals surface area contributed by atoms with Gasteiger partial charge in [-0.3, -0.25) is 0 Å². The zero-order valence-electron chi connectivity index (χ0n) is 19.3. The summed E-state index contributed by atoms with van der Waals surface area (Å²) < 4.78 is 14.2. The van der Waals surface area contributed by atoms with Crippen LogP contribution in [0.3, 0.4) is 0 Å². The second-order valence-corrected chi connectivity index (χ2v) is 7.49. The number of carbonyl (C=O) groups excluding carboxylic acids is 2. The molecule has 0 amide bonds. The van der Waals surface area contributed by atoms with Crippen LogP contribution >= 0.6 is 0 Å². The van der Waals surface area contributed by atoms with Crippen LogP contribution in [0.25, 0.3) is 0 Å². The monoisotopic (exact) mass is 446 g/mol. The van der Waals surface area contributed by atoms with Crippen LogP contribution in [-0.4, -0.2) is 25.8 Å². The minimum Gasteiger partial charge on any atom is -0.435 e. The first-order valence-electron chi connectivity index (χ1n) is 10.6. The van der Waals surface area contributed by atoms with E-state index in [1.54, 1.807) is 12.1 Å². The molecular weight excluding hydrogens is 416 g/mol. The SMILES string of the molecule is C=CC(=O)OCOC.Cc1ccc(C(=O)Oc2ccc(CC(C)c3ccccc3)cc2)cc1. The van der Waals surface area contributed by atoms with Gasteiger partial charge in [0.2, 0.25) is 0 Å². The Labute approximate surface area is 195 Å². The zero-order chi connectivity index (χ0) is 24.1. The highest BCUT2D eigenvalue weighted by Crippen LogP contribution is 2.22. The third-order valence-corrected chi connectivity index (χ3v) is 4.82. The quantitative estimate of drug-likeness (QED) is 0.187. The summed E-state index contributed by atoms with van der Waals surface area (Å²) in [5.74, 6) is 0.223. The maximum absolute atomic E-state index is 12.2. The number of carbonyl (C=O) groups is 2. The molecule has 5 nitrogen and oxygen atoms in total. The lowest BCUT2D eigenvalue weighted by Crippen LogP contribution is -2.08. The molecule has 0 aliphatic heterocycles. The van der Waals surface area contributed by atoms with Gasteiger partial charge in [-0.05, 0) is 54.7 Å². The van der Waals surface area contributed by atoms with E-state index in [0.717, 1.165) is 18.1 Å². The predicted octanol–water partition coefficient (Wildman–Crippen LogP) is 5.88. The van der Waals surface area contributed by atoms with Crippen LogP contribution < -0.4 is 4.74 Å². The van der Waals surface area contributed by atoms with Crippen molar-refractivity contribution in [1.82, 2.24) is 0 Å². The molecule has 0 saturated carbocycles. The van der Waals surface area contributed by atoms with Gasteiger partial charge in [-0.2, -0.15) is 0 Å². The Balaban J connectivity index is 0.000000414. The van der Waals surface area contributed by atoms with Gasteiger partial charge in [0, 0.05) is 13.2 Å². The summed E-state index contributed by atoms with van der Waals surface area (Å²) in [4.78, 5) is 22.3.